The molecule has 0 rings (SSSR count). The Morgan fingerprint density at radius 2 is 2.20 bits per heavy atom. The van der Waals surface area contributed by atoms with Gasteiger partial charge in [-0.2, -0.15) is 0 Å². The first-order valence-corrected chi connectivity index (χ1v) is 3.66. The van der Waals surface area contributed by atoms with Crippen LogP contribution in [0.3, 0.4) is 0 Å². The van der Waals surface area contributed by atoms with Crippen LogP contribution in [0.1, 0.15) is 26.7 Å². The zero-order chi connectivity index (χ0) is 7.98. The number of nitrogens with one attached hydrogen (secondary N) is 1. The van der Waals surface area contributed by atoms with Crippen molar-refractivity contribution in [3.63, 3.8) is 0 Å². The summed E-state index contributed by atoms with van der Waals surface area (Å²) in [7, 11) is 1.73. The van der Waals surface area contributed by atoms with E-state index in [4.69, 9.17) is 0 Å². The maximum atomic E-state index is 10.6. The minimum atomic E-state index is 0.0519. The minimum absolute atomic E-state index is 0.0519. The molecule has 10 heavy (non-hydrogen) atoms. The normalized spacial score (nSPS) is 9.50. The van der Waals surface area contributed by atoms with E-state index >= 15 is 0 Å². The molecule has 0 aromatic heterocycles. The molecule has 1 N–H and O–H groups in total. The van der Waals surface area contributed by atoms with Gasteiger partial charge in [-0.25, -0.2) is 5.43 Å². The van der Waals surface area contributed by atoms with Gasteiger partial charge in [0.05, 0.1) is 0 Å². The number of carbonyl (C=O) groups excluding carboxylic acids is 1. The summed E-state index contributed by atoms with van der Waals surface area (Å²) < 4.78 is 0. The molecule has 0 aliphatic rings. The van der Waals surface area contributed by atoms with Crippen LogP contribution in [0.25, 0.3) is 0 Å². The lowest BCUT2D eigenvalue weighted by Gasteiger charge is -2.15. The molecule has 0 aromatic rings. The highest BCUT2D eigenvalue weighted by Crippen LogP contribution is 1.83. The smallest absolute Gasteiger partial charge is 0.233 e. The van der Waals surface area contributed by atoms with Crippen molar-refractivity contribution in [2.24, 2.45) is 0 Å². The van der Waals surface area contributed by atoms with Gasteiger partial charge in [0.2, 0.25) is 5.91 Å². The first-order chi connectivity index (χ1) is 4.68. The number of amides is 1. The summed E-state index contributed by atoms with van der Waals surface area (Å²) in [6, 6.07) is 0. The molecule has 0 aliphatic carbocycles. The Kier molecular flexibility index (Phi) is 4.94. The van der Waals surface area contributed by atoms with Gasteiger partial charge >= 0.3 is 0 Å². The third-order valence-corrected chi connectivity index (χ3v) is 1.35. The summed E-state index contributed by atoms with van der Waals surface area (Å²) in [6.07, 6.45) is 2.26. The number of carbonyl (C=O) groups is 1. The van der Waals surface area contributed by atoms with Gasteiger partial charge in [0.25, 0.3) is 0 Å². The second-order valence-corrected chi connectivity index (χ2v) is 2.34. The standard InChI is InChI=1S/C7H16N2O/c1-4-5-6-8-9(3)7(2)10/h8H,4-6H2,1-3H3. The van der Waals surface area contributed by atoms with Crippen molar-refractivity contribution in [2.75, 3.05) is 13.6 Å². The Hall–Kier alpha value is -0.570. The number of unbranched alkanes of at least 4 members (excludes halogenated alkanes) is 1. The molecule has 0 aromatic carbocycles. The molecule has 3 heteroatoms. The number of rotatable bonds is 4. The van der Waals surface area contributed by atoms with Crippen LogP contribution in [0, 0.1) is 0 Å². The highest BCUT2D eigenvalue weighted by atomic mass is 16.2. The third kappa shape index (κ3) is 4.32. The SMILES string of the molecule is CCCCNN(C)C(C)=O. The van der Waals surface area contributed by atoms with Gasteiger partial charge in [0, 0.05) is 20.5 Å². The van der Waals surface area contributed by atoms with Gasteiger partial charge in [0.15, 0.2) is 0 Å². The van der Waals surface area contributed by atoms with Crippen molar-refractivity contribution in [1.82, 2.24) is 10.4 Å². The van der Waals surface area contributed by atoms with Crippen molar-refractivity contribution in [2.45, 2.75) is 26.7 Å². The molecule has 0 saturated heterocycles. The molecule has 0 atom stereocenters. The first kappa shape index (κ1) is 9.43. The van der Waals surface area contributed by atoms with Gasteiger partial charge < -0.3 is 0 Å². The van der Waals surface area contributed by atoms with Crippen LogP contribution in [-0.2, 0) is 4.79 Å². The molecular weight excluding hydrogens is 128 g/mol. The number of hydrazine groups is 1. The molecule has 0 aliphatic heterocycles. The zero-order valence-electron chi connectivity index (χ0n) is 6.98. The lowest BCUT2D eigenvalue weighted by atomic mass is 10.3. The molecule has 0 radical (unpaired) electrons. The topological polar surface area (TPSA) is 32.3 Å². The van der Waals surface area contributed by atoms with Crippen molar-refractivity contribution >= 4 is 5.91 Å². The summed E-state index contributed by atoms with van der Waals surface area (Å²) in [4.78, 5) is 10.6. The lowest BCUT2D eigenvalue weighted by Crippen LogP contribution is -2.38. The zero-order valence-corrected chi connectivity index (χ0v) is 6.98. The van der Waals surface area contributed by atoms with E-state index in [2.05, 4.69) is 12.3 Å². The van der Waals surface area contributed by atoms with Crippen LogP contribution < -0.4 is 5.43 Å². The summed E-state index contributed by atoms with van der Waals surface area (Å²) in [5, 5.41) is 1.51. The molecule has 60 valence electrons. The maximum absolute atomic E-state index is 10.6. The summed E-state index contributed by atoms with van der Waals surface area (Å²) in [5.74, 6) is 0.0519. The van der Waals surface area contributed by atoms with Gasteiger partial charge in [-0.3, -0.25) is 9.80 Å². The first-order valence-electron chi connectivity index (χ1n) is 3.66. The molecule has 0 unspecified atom stereocenters. The van der Waals surface area contributed by atoms with Gasteiger partial charge in [-0.05, 0) is 6.42 Å². The van der Waals surface area contributed by atoms with Crippen LogP contribution in [-0.4, -0.2) is 24.5 Å². The van der Waals surface area contributed by atoms with E-state index < -0.39 is 0 Å². The molecule has 0 saturated carbocycles. The predicted octanol–water partition coefficient (Wildman–Crippen LogP) is 0.769. The molecule has 0 spiro atoms. The highest BCUT2D eigenvalue weighted by molar-refractivity contribution is 5.72. The lowest BCUT2D eigenvalue weighted by molar-refractivity contribution is -0.130. The van der Waals surface area contributed by atoms with Gasteiger partial charge in [0.1, 0.15) is 0 Å². The fourth-order valence-electron chi connectivity index (χ4n) is 0.535. The van der Waals surface area contributed by atoms with Crippen LogP contribution in [0.5, 0.6) is 0 Å². The van der Waals surface area contributed by atoms with E-state index in [1.165, 1.54) is 5.01 Å². The molecule has 0 heterocycles. The second kappa shape index (κ2) is 5.23. The van der Waals surface area contributed by atoms with E-state index in [1.54, 1.807) is 14.0 Å². The second-order valence-electron chi connectivity index (χ2n) is 2.34. The van der Waals surface area contributed by atoms with Crippen molar-refractivity contribution in [3.8, 4) is 0 Å². The van der Waals surface area contributed by atoms with E-state index in [9.17, 15) is 4.79 Å². The van der Waals surface area contributed by atoms with Crippen LogP contribution >= 0.6 is 0 Å². The van der Waals surface area contributed by atoms with E-state index in [1.807, 2.05) is 0 Å². The highest BCUT2D eigenvalue weighted by Gasteiger charge is 1.97. The molecule has 0 bridgehead atoms. The quantitative estimate of drug-likeness (QED) is 0.467. The third-order valence-electron chi connectivity index (χ3n) is 1.35. The number of nitrogens with zero attached hydrogens (tertiary/aromatic N) is 1. The Labute approximate surface area is 62.4 Å². The van der Waals surface area contributed by atoms with E-state index in [0.29, 0.717) is 0 Å². The Morgan fingerprint density at radius 1 is 1.60 bits per heavy atom. The average molecular weight is 144 g/mol. The Bertz CT molecular complexity index is 104. The largest absolute Gasteiger partial charge is 0.281 e. The summed E-state index contributed by atoms with van der Waals surface area (Å²) in [6.45, 7) is 4.54. The van der Waals surface area contributed by atoms with Crippen LogP contribution in [0.4, 0.5) is 0 Å². The monoisotopic (exact) mass is 144 g/mol. The van der Waals surface area contributed by atoms with Crippen LogP contribution in [0.2, 0.25) is 0 Å². The van der Waals surface area contributed by atoms with Crippen molar-refractivity contribution in [3.05, 3.63) is 0 Å². The fourth-order valence-corrected chi connectivity index (χ4v) is 0.535. The minimum Gasteiger partial charge on any atom is -0.281 e. The predicted molar refractivity (Wildman–Crippen MR) is 41.4 cm³/mol. The summed E-state index contributed by atoms with van der Waals surface area (Å²) >= 11 is 0. The fraction of sp³-hybridized carbons (Fsp3) is 0.857. The Morgan fingerprint density at radius 3 is 2.60 bits per heavy atom. The van der Waals surface area contributed by atoms with Crippen LogP contribution in [0.15, 0.2) is 0 Å². The molecule has 3 nitrogen and oxygen atoms in total. The van der Waals surface area contributed by atoms with Gasteiger partial charge in [-0.15, -0.1) is 0 Å². The maximum Gasteiger partial charge on any atom is 0.233 e. The van der Waals surface area contributed by atoms with Crippen molar-refractivity contribution in [1.29, 1.82) is 0 Å². The molecular formula is C7H16N2O. The summed E-state index contributed by atoms with van der Waals surface area (Å²) in [5.41, 5.74) is 2.97. The number of hydrogen-bond acceptors (Lipinski definition) is 2. The molecule has 1 amide bonds. The van der Waals surface area contributed by atoms with E-state index in [-0.39, 0.29) is 5.91 Å². The molecule has 0 fully saturated rings. The Balaban J connectivity index is 3.21. The van der Waals surface area contributed by atoms with E-state index in [0.717, 1.165) is 19.4 Å². The van der Waals surface area contributed by atoms with Gasteiger partial charge in [-0.1, -0.05) is 13.3 Å². The van der Waals surface area contributed by atoms with Crippen molar-refractivity contribution < 1.29 is 4.79 Å². The average Bonchev–Trinajstić information content (AvgIpc) is 1.88. The number of hydrogen-bond donors (Lipinski definition) is 1.